The van der Waals surface area contributed by atoms with Crippen LogP contribution in [0.15, 0.2) is 24.8 Å². The number of rotatable bonds is 3. The summed E-state index contributed by atoms with van der Waals surface area (Å²) in [6, 6.07) is 6.74. The number of anilines is 1. The first-order valence-corrected chi connectivity index (χ1v) is 5.85. The lowest BCUT2D eigenvalue weighted by molar-refractivity contribution is 0.949. The number of aryl methyl sites for hydroxylation is 1. The summed E-state index contributed by atoms with van der Waals surface area (Å²) in [5, 5.41) is 0. The molecule has 0 saturated carbocycles. The molecule has 0 aromatic heterocycles. The van der Waals surface area contributed by atoms with Gasteiger partial charge in [-0.3, -0.25) is 0 Å². The van der Waals surface area contributed by atoms with Gasteiger partial charge < -0.3 is 4.90 Å². The van der Waals surface area contributed by atoms with Crippen LogP contribution in [0.5, 0.6) is 0 Å². The fourth-order valence-corrected chi connectivity index (χ4v) is 2.27. The van der Waals surface area contributed by atoms with E-state index >= 15 is 0 Å². The van der Waals surface area contributed by atoms with Gasteiger partial charge in [0.25, 0.3) is 0 Å². The predicted molar refractivity (Wildman–Crippen MR) is 67.4 cm³/mol. The summed E-state index contributed by atoms with van der Waals surface area (Å²) in [4.78, 5) is 2.48. The molecule has 1 nitrogen and oxygen atoms in total. The minimum Gasteiger partial charge on any atom is -0.372 e. The molecule has 1 aliphatic heterocycles. The zero-order chi connectivity index (χ0) is 10.7. The lowest BCUT2D eigenvalue weighted by Crippen LogP contribution is -2.17. The fourth-order valence-electron chi connectivity index (χ4n) is 2.27. The third-order valence-electron chi connectivity index (χ3n) is 3.20. The number of benzene rings is 1. The Morgan fingerprint density at radius 2 is 2.07 bits per heavy atom. The quantitative estimate of drug-likeness (QED) is 0.723. The summed E-state index contributed by atoms with van der Waals surface area (Å²) >= 11 is 0. The first-order chi connectivity index (χ1) is 7.35. The molecule has 0 spiro atoms. The molecule has 80 valence electrons. The summed E-state index contributed by atoms with van der Waals surface area (Å²) in [5.74, 6) is 0. The van der Waals surface area contributed by atoms with Gasteiger partial charge in [-0.1, -0.05) is 25.6 Å². The molecule has 1 aromatic rings. The highest BCUT2D eigenvalue weighted by molar-refractivity contribution is 5.59. The average Bonchev–Trinajstić information content (AvgIpc) is 2.81. The summed E-state index contributed by atoms with van der Waals surface area (Å²) in [5.41, 5.74) is 4.07. The second-order valence-corrected chi connectivity index (χ2v) is 4.13. The topological polar surface area (TPSA) is 3.24 Å². The van der Waals surface area contributed by atoms with Crippen molar-refractivity contribution in [1.29, 1.82) is 0 Å². The van der Waals surface area contributed by atoms with Crippen molar-refractivity contribution < 1.29 is 0 Å². The molecular weight excluding hydrogens is 182 g/mol. The maximum atomic E-state index is 3.85. The van der Waals surface area contributed by atoms with Crippen molar-refractivity contribution in [3.05, 3.63) is 35.9 Å². The van der Waals surface area contributed by atoms with E-state index in [2.05, 4.69) is 36.6 Å². The normalized spacial score (nSPS) is 15.7. The van der Waals surface area contributed by atoms with Crippen LogP contribution in [0.2, 0.25) is 0 Å². The predicted octanol–water partition coefficient (Wildman–Crippen LogP) is 3.49. The lowest BCUT2D eigenvalue weighted by Gasteiger charge is -2.19. The number of hydrogen-bond donors (Lipinski definition) is 0. The smallest absolute Gasteiger partial charge is 0.0369 e. The van der Waals surface area contributed by atoms with Gasteiger partial charge in [0.2, 0.25) is 0 Å². The third-order valence-corrected chi connectivity index (χ3v) is 3.20. The van der Waals surface area contributed by atoms with Crippen molar-refractivity contribution in [3.63, 3.8) is 0 Å². The molecule has 0 unspecified atom stereocenters. The van der Waals surface area contributed by atoms with Crippen molar-refractivity contribution in [2.45, 2.75) is 26.2 Å². The van der Waals surface area contributed by atoms with E-state index in [4.69, 9.17) is 0 Å². The molecular formula is C14H19N. The van der Waals surface area contributed by atoms with Crippen LogP contribution in [-0.2, 0) is 6.42 Å². The zero-order valence-corrected chi connectivity index (χ0v) is 9.50. The van der Waals surface area contributed by atoms with Gasteiger partial charge >= 0.3 is 0 Å². The van der Waals surface area contributed by atoms with Crippen LogP contribution in [0.25, 0.3) is 6.08 Å². The highest BCUT2D eigenvalue weighted by atomic mass is 15.1. The van der Waals surface area contributed by atoms with E-state index in [1.807, 2.05) is 6.08 Å². The fraction of sp³-hybridized carbons (Fsp3) is 0.429. The van der Waals surface area contributed by atoms with Crippen molar-refractivity contribution >= 4 is 11.8 Å². The molecule has 0 bridgehead atoms. The van der Waals surface area contributed by atoms with Gasteiger partial charge in [-0.2, -0.15) is 0 Å². The van der Waals surface area contributed by atoms with Crippen LogP contribution < -0.4 is 4.90 Å². The van der Waals surface area contributed by atoms with Crippen molar-refractivity contribution in [2.24, 2.45) is 0 Å². The van der Waals surface area contributed by atoms with Gasteiger partial charge in [0.1, 0.15) is 0 Å². The molecule has 15 heavy (non-hydrogen) atoms. The Labute approximate surface area is 92.4 Å². The molecule has 1 aromatic carbocycles. The largest absolute Gasteiger partial charge is 0.372 e. The van der Waals surface area contributed by atoms with E-state index in [9.17, 15) is 0 Å². The highest BCUT2D eigenvalue weighted by Gasteiger charge is 2.12. The Morgan fingerprint density at radius 3 is 2.67 bits per heavy atom. The minimum absolute atomic E-state index is 1.09. The van der Waals surface area contributed by atoms with Crippen LogP contribution >= 0.6 is 0 Å². The molecule has 0 aliphatic carbocycles. The van der Waals surface area contributed by atoms with Gasteiger partial charge in [-0.15, -0.1) is 0 Å². The second kappa shape index (κ2) is 4.52. The van der Waals surface area contributed by atoms with Gasteiger partial charge in [0.15, 0.2) is 0 Å². The van der Waals surface area contributed by atoms with Crippen LogP contribution in [0.1, 0.15) is 30.9 Å². The van der Waals surface area contributed by atoms with Crippen LogP contribution in [0.3, 0.4) is 0 Å². The Kier molecular flexibility index (Phi) is 3.10. The number of hydrogen-bond acceptors (Lipinski definition) is 1. The molecule has 1 heterocycles. The van der Waals surface area contributed by atoms with Gasteiger partial charge in [0, 0.05) is 18.8 Å². The molecule has 0 amide bonds. The Balaban J connectivity index is 2.29. The van der Waals surface area contributed by atoms with Crippen LogP contribution in [0.4, 0.5) is 5.69 Å². The van der Waals surface area contributed by atoms with Gasteiger partial charge in [0.05, 0.1) is 0 Å². The van der Waals surface area contributed by atoms with Crippen LogP contribution in [-0.4, -0.2) is 13.1 Å². The number of nitrogens with zero attached hydrogens (tertiary/aromatic N) is 1. The molecule has 0 atom stereocenters. The molecule has 2 rings (SSSR count). The maximum Gasteiger partial charge on any atom is 0.0369 e. The Hall–Kier alpha value is -1.24. The van der Waals surface area contributed by atoms with E-state index in [1.165, 1.54) is 42.7 Å². The first-order valence-electron chi connectivity index (χ1n) is 5.85. The lowest BCUT2D eigenvalue weighted by atomic mass is 10.0. The highest BCUT2D eigenvalue weighted by Crippen LogP contribution is 2.24. The van der Waals surface area contributed by atoms with E-state index in [1.54, 1.807) is 0 Å². The summed E-state index contributed by atoms with van der Waals surface area (Å²) in [6.45, 7) is 8.50. The second-order valence-electron chi connectivity index (χ2n) is 4.13. The molecule has 0 radical (unpaired) electrons. The van der Waals surface area contributed by atoms with E-state index < -0.39 is 0 Å². The van der Waals surface area contributed by atoms with Crippen molar-refractivity contribution in [2.75, 3.05) is 18.0 Å². The standard InChI is InChI=1S/C14H19N/c1-3-12-7-8-14(11-13(12)4-2)15-9-5-6-10-15/h3,7-8,11H,1,4-6,9-10H2,2H3. The minimum atomic E-state index is 1.09. The van der Waals surface area contributed by atoms with Crippen molar-refractivity contribution in [3.8, 4) is 0 Å². The zero-order valence-electron chi connectivity index (χ0n) is 9.50. The average molecular weight is 201 g/mol. The van der Waals surface area contributed by atoms with E-state index in [0.717, 1.165) is 6.42 Å². The molecule has 1 saturated heterocycles. The first kappa shape index (κ1) is 10.3. The van der Waals surface area contributed by atoms with E-state index in [-0.39, 0.29) is 0 Å². The van der Waals surface area contributed by atoms with Gasteiger partial charge in [-0.25, -0.2) is 0 Å². The summed E-state index contributed by atoms with van der Waals surface area (Å²) < 4.78 is 0. The van der Waals surface area contributed by atoms with E-state index in [0.29, 0.717) is 0 Å². The SMILES string of the molecule is C=Cc1ccc(N2CCCC2)cc1CC. The van der Waals surface area contributed by atoms with Crippen molar-refractivity contribution in [1.82, 2.24) is 0 Å². The molecule has 1 aliphatic rings. The van der Waals surface area contributed by atoms with Gasteiger partial charge in [-0.05, 0) is 42.5 Å². The molecule has 1 fully saturated rings. The monoisotopic (exact) mass is 201 g/mol. The maximum absolute atomic E-state index is 3.85. The Morgan fingerprint density at radius 1 is 1.33 bits per heavy atom. The molecule has 0 N–H and O–H groups in total. The summed E-state index contributed by atoms with van der Waals surface area (Å²) in [6.07, 6.45) is 5.71. The Bertz CT molecular complexity index is 348. The van der Waals surface area contributed by atoms with Crippen LogP contribution in [0, 0.1) is 0 Å². The third kappa shape index (κ3) is 2.06. The summed E-state index contributed by atoms with van der Waals surface area (Å²) in [7, 11) is 0. The molecule has 1 heteroatoms.